The van der Waals surface area contributed by atoms with Crippen molar-refractivity contribution in [2.24, 2.45) is 5.92 Å². The third-order valence-corrected chi connectivity index (χ3v) is 2.59. The smallest absolute Gasteiger partial charge is 0.00213 e. The fraction of sp³-hybridized carbons (Fsp3) is 1.00. The molecule has 0 rings (SSSR count). The first-order valence-electron chi connectivity index (χ1n) is 6.56. The van der Waals surface area contributed by atoms with Gasteiger partial charge < -0.3 is 10.2 Å². The molecule has 0 aromatic heterocycles. The molecular weight excluding hydrogens is 184 g/mol. The highest BCUT2D eigenvalue weighted by Crippen LogP contribution is 1.96. The van der Waals surface area contributed by atoms with E-state index in [-0.39, 0.29) is 0 Å². The third kappa shape index (κ3) is 11.8. The average molecular weight is 214 g/mol. The lowest BCUT2D eigenvalue weighted by Crippen LogP contribution is -2.24. The second-order valence-electron chi connectivity index (χ2n) is 4.96. The molecule has 0 heterocycles. The molecule has 0 saturated carbocycles. The van der Waals surface area contributed by atoms with Crippen molar-refractivity contribution in [2.45, 2.75) is 46.5 Å². The lowest BCUT2D eigenvalue weighted by Gasteiger charge is -2.15. The van der Waals surface area contributed by atoms with Crippen LogP contribution in [0.1, 0.15) is 46.5 Å². The lowest BCUT2D eigenvalue weighted by molar-refractivity contribution is 0.319. The van der Waals surface area contributed by atoms with Gasteiger partial charge in [-0.05, 0) is 58.4 Å². The highest BCUT2D eigenvalue weighted by atomic mass is 15.1. The van der Waals surface area contributed by atoms with E-state index in [0.717, 1.165) is 12.5 Å². The first kappa shape index (κ1) is 14.9. The minimum absolute atomic E-state index is 0.775. The molecule has 15 heavy (non-hydrogen) atoms. The van der Waals surface area contributed by atoms with Crippen LogP contribution in [0.3, 0.4) is 0 Å². The number of unbranched alkanes of at least 4 members (excludes halogenated alkanes) is 2. The molecule has 0 radical (unpaired) electrons. The number of nitrogens with one attached hydrogen (secondary N) is 1. The van der Waals surface area contributed by atoms with Crippen LogP contribution in [0.4, 0.5) is 0 Å². The first-order chi connectivity index (χ1) is 7.16. The summed E-state index contributed by atoms with van der Waals surface area (Å²) in [5.41, 5.74) is 0. The second-order valence-corrected chi connectivity index (χ2v) is 4.96. The van der Waals surface area contributed by atoms with E-state index in [1.165, 1.54) is 45.3 Å². The summed E-state index contributed by atoms with van der Waals surface area (Å²) in [4.78, 5) is 2.45. The maximum atomic E-state index is 3.48. The van der Waals surface area contributed by atoms with Crippen LogP contribution in [-0.4, -0.2) is 38.1 Å². The predicted octanol–water partition coefficient (Wildman–Crippen LogP) is 2.74. The fourth-order valence-corrected chi connectivity index (χ4v) is 1.56. The molecule has 2 heteroatoms. The molecule has 0 bridgehead atoms. The molecule has 0 aromatic carbocycles. The zero-order valence-corrected chi connectivity index (χ0v) is 11.2. The van der Waals surface area contributed by atoms with Gasteiger partial charge in [0.2, 0.25) is 0 Å². The molecule has 0 unspecified atom stereocenters. The van der Waals surface area contributed by atoms with E-state index in [0.29, 0.717) is 0 Å². The van der Waals surface area contributed by atoms with Gasteiger partial charge in [0, 0.05) is 0 Å². The van der Waals surface area contributed by atoms with E-state index in [2.05, 4.69) is 38.0 Å². The quantitative estimate of drug-likeness (QED) is 0.563. The first-order valence-corrected chi connectivity index (χ1v) is 6.56. The lowest BCUT2D eigenvalue weighted by atomic mass is 10.2. The van der Waals surface area contributed by atoms with E-state index in [1.807, 2.05) is 0 Å². The van der Waals surface area contributed by atoms with Crippen molar-refractivity contribution in [3.8, 4) is 0 Å². The summed E-state index contributed by atoms with van der Waals surface area (Å²) in [6, 6.07) is 0. The summed E-state index contributed by atoms with van der Waals surface area (Å²) in [6.45, 7) is 11.6. The van der Waals surface area contributed by atoms with Crippen LogP contribution in [0.2, 0.25) is 0 Å². The van der Waals surface area contributed by atoms with Gasteiger partial charge in [0.15, 0.2) is 0 Å². The Kier molecular flexibility index (Phi) is 10.4. The molecule has 0 atom stereocenters. The highest BCUT2D eigenvalue weighted by molar-refractivity contribution is 4.55. The zero-order chi connectivity index (χ0) is 11.5. The highest BCUT2D eigenvalue weighted by Gasteiger charge is 1.97. The van der Waals surface area contributed by atoms with Crippen molar-refractivity contribution in [1.29, 1.82) is 0 Å². The summed E-state index contributed by atoms with van der Waals surface area (Å²) < 4.78 is 0. The Hall–Kier alpha value is -0.0800. The Balaban J connectivity index is 3.09. The average Bonchev–Trinajstić information content (AvgIpc) is 2.19. The van der Waals surface area contributed by atoms with E-state index >= 15 is 0 Å². The molecule has 2 nitrogen and oxygen atoms in total. The summed E-state index contributed by atoms with van der Waals surface area (Å²) >= 11 is 0. The van der Waals surface area contributed by atoms with Crippen LogP contribution in [-0.2, 0) is 0 Å². The van der Waals surface area contributed by atoms with Gasteiger partial charge in [-0.1, -0.05) is 27.2 Å². The van der Waals surface area contributed by atoms with E-state index in [4.69, 9.17) is 0 Å². The monoisotopic (exact) mass is 214 g/mol. The van der Waals surface area contributed by atoms with Gasteiger partial charge in [-0.3, -0.25) is 0 Å². The molecule has 1 N–H and O–H groups in total. The molecule has 0 aromatic rings. The Labute approximate surface area is 96.4 Å². The number of hydrogen-bond acceptors (Lipinski definition) is 2. The molecule has 0 fully saturated rings. The van der Waals surface area contributed by atoms with Crippen LogP contribution in [0.5, 0.6) is 0 Å². The van der Waals surface area contributed by atoms with Crippen LogP contribution in [0.25, 0.3) is 0 Å². The molecule has 0 spiro atoms. The molecule has 0 amide bonds. The van der Waals surface area contributed by atoms with E-state index in [1.54, 1.807) is 0 Å². The van der Waals surface area contributed by atoms with E-state index < -0.39 is 0 Å². The van der Waals surface area contributed by atoms with Gasteiger partial charge in [-0.15, -0.1) is 0 Å². The molecular formula is C13H30N2. The number of hydrogen-bond donors (Lipinski definition) is 1. The fourth-order valence-electron chi connectivity index (χ4n) is 1.56. The van der Waals surface area contributed by atoms with Gasteiger partial charge in [-0.2, -0.15) is 0 Å². The van der Waals surface area contributed by atoms with Gasteiger partial charge in [0.05, 0.1) is 0 Å². The summed E-state index contributed by atoms with van der Waals surface area (Å²) in [5.74, 6) is 0.775. The maximum absolute atomic E-state index is 3.48. The maximum Gasteiger partial charge on any atom is -0.00213 e. The SMILES string of the molecule is CCCCN(C)CCCCNCC(C)C. The van der Waals surface area contributed by atoms with Crippen LogP contribution < -0.4 is 5.32 Å². The van der Waals surface area contributed by atoms with E-state index in [9.17, 15) is 0 Å². The molecule has 0 saturated heterocycles. The number of rotatable bonds is 10. The van der Waals surface area contributed by atoms with Crippen molar-refractivity contribution in [3.05, 3.63) is 0 Å². The molecule has 0 aliphatic carbocycles. The minimum Gasteiger partial charge on any atom is -0.316 e. The van der Waals surface area contributed by atoms with Gasteiger partial charge in [-0.25, -0.2) is 0 Å². The summed E-state index contributed by atoms with van der Waals surface area (Å²) in [6.07, 6.45) is 5.27. The molecule has 0 aliphatic rings. The largest absolute Gasteiger partial charge is 0.316 e. The Bertz CT molecular complexity index is 124. The van der Waals surface area contributed by atoms with Crippen molar-refractivity contribution in [1.82, 2.24) is 10.2 Å². The van der Waals surface area contributed by atoms with Crippen molar-refractivity contribution in [2.75, 3.05) is 33.2 Å². The molecule has 92 valence electrons. The minimum atomic E-state index is 0.775. The van der Waals surface area contributed by atoms with Gasteiger partial charge in [0.1, 0.15) is 0 Å². The standard InChI is InChI=1S/C13H30N2/c1-5-6-10-15(4)11-8-7-9-14-12-13(2)3/h13-14H,5-12H2,1-4H3. The Morgan fingerprint density at radius 2 is 1.73 bits per heavy atom. The van der Waals surface area contributed by atoms with Crippen LogP contribution in [0, 0.1) is 5.92 Å². The predicted molar refractivity (Wildman–Crippen MR) is 69.3 cm³/mol. The topological polar surface area (TPSA) is 15.3 Å². The number of nitrogens with zero attached hydrogens (tertiary/aromatic N) is 1. The normalized spacial score (nSPS) is 11.6. The van der Waals surface area contributed by atoms with Gasteiger partial charge in [0.25, 0.3) is 0 Å². The van der Waals surface area contributed by atoms with Gasteiger partial charge >= 0.3 is 0 Å². The third-order valence-electron chi connectivity index (χ3n) is 2.59. The van der Waals surface area contributed by atoms with Crippen LogP contribution in [0.15, 0.2) is 0 Å². The zero-order valence-electron chi connectivity index (χ0n) is 11.2. The summed E-state index contributed by atoms with van der Waals surface area (Å²) in [7, 11) is 2.23. The molecule has 0 aliphatic heterocycles. The van der Waals surface area contributed by atoms with Crippen molar-refractivity contribution >= 4 is 0 Å². The Morgan fingerprint density at radius 3 is 2.33 bits per heavy atom. The van der Waals surface area contributed by atoms with Crippen molar-refractivity contribution < 1.29 is 0 Å². The van der Waals surface area contributed by atoms with Crippen molar-refractivity contribution in [3.63, 3.8) is 0 Å². The summed E-state index contributed by atoms with van der Waals surface area (Å²) in [5, 5.41) is 3.48. The van der Waals surface area contributed by atoms with Crippen LogP contribution >= 0.6 is 0 Å². The Morgan fingerprint density at radius 1 is 1.07 bits per heavy atom. The second kappa shape index (κ2) is 10.4.